The molecule has 1 unspecified atom stereocenters. The van der Waals surface area contributed by atoms with Crippen LogP contribution in [0.2, 0.25) is 0 Å². The molecule has 170 valence electrons. The molecule has 1 N–H and O–H groups in total. The summed E-state index contributed by atoms with van der Waals surface area (Å²) in [5.41, 5.74) is 1.21. The van der Waals surface area contributed by atoms with Crippen LogP contribution >= 0.6 is 0 Å². The first-order valence-corrected chi connectivity index (χ1v) is 11.8. The van der Waals surface area contributed by atoms with Crippen molar-refractivity contribution in [3.8, 4) is 17.2 Å². The van der Waals surface area contributed by atoms with Crippen LogP contribution in [0.15, 0.2) is 12.1 Å². The molecular weight excluding hydrogens is 394 g/mol. The smallest absolute Gasteiger partial charge is 0.219 e. The third-order valence-electron chi connectivity index (χ3n) is 8.54. The monoisotopic (exact) mass is 429 g/mol. The maximum Gasteiger partial charge on any atom is 0.219 e. The van der Waals surface area contributed by atoms with Gasteiger partial charge in [0.25, 0.3) is 0 Å². The van der Waals surface area contributed by atoms with Crippen molar-refractivity contribution in [2.24, 2.45) is 22.7 Å². The summed E-state index contributed by atoms with van der Waals surface area (Å²) in [6, 6.07) is 4.20. The summed E-state index contributed by atoms with van der Waals surface area (Å²) in [5.74, 6) is 3.38. The molecule has 4 aliphatic rings. The summed E-state index contributed by atoms with van der Waals surface area (Å²) in [6.45, 7) is 8.60. The summed E-state index contributed by atoms with van der Waals surface area (Å²) in [6.07, 6.45) is 4.60. The van der Waals surface area contributed by atoms with Crippen LogP contribution in [0.4, 0.5) is 0 Å². The van der Waals surface area contributed by atoms with Crippen LogP contribution in [0.3, 0.4) is 0 Å². The number of ether oxygens (including phenoxy) is 4. The molecule has 31 heavy (non-hydrogen) atoms. The second-order valence-electron chi connectivity index (χ2n) is 10.3. The van der Waals surface area contributed by atoms with Gasteiger partial charge in [0.05, 0.1) is 26.4 Å². The molecule has 2 aliphatic heterocycles. The van der Waals surface area contributed by atoms with Crippen LogP contribution in [-0.4, -0.2) is 38.9 Å². The van der Waals surface area contributed by atoms with Crippen molar-refractivity contribution < 1.29 is 23.7 Å². The predicted octanol–water partition coefficient (Wildman–Crippen LogP) is 4.27. The number of carbonyl (C=O) groups excluding carboxylic acids is 1. The highest BCUT2D eigenvalue weighted by Gasteiger charge is 2.68. The van der Waals surface area contributed by atoms with Crippen LogP contribution in [0.1, 0.15) is 64.5 Å². The van der Waals surface area contributed by atoms with Gasteiger partial charge in [-0.15, -0.1) is 0 Å². The highest BCUT2D eigenvalue weighted by molar-refractivity contribution is 5.76. The number of amides is 1. The molecule has 5 atom stereocenters. The molecule has 1 aromatic rings. The van der Waals surface area contributed by atoms with Gasteiger partial charge >= 0.3 is 0 Å². The van der Waals surface area contributed by atoms with Gasteiger partial charge in [0, 0.05) is 37.1 Å². The molecule has 6 heteroatoms. The number of methoxy groups -OCH3 is 1. The molecule has 1 amide bonds. The number of fused-ring (bicyclic) bond motifs is 2. The Balaban J connectivity index is 1.53. The summed E-state index contributed by atoms with van der Waals surface area (Å²) in [5, 5.41) is 3.43. The Morgan fingerprint density at radius 3 is 2.65 bits per heavy atom. The lowest BCUT2D eigenvalue weighted by atomic mass is 9.58. The molecule has 0 aromatic heterocycles. The molecule has 1 aromatic carbocycles. The van der Waals surface area contributed by atoms with E-state index in [1.165, 1.54) is 0 Å². The molecule has 5 rings (SSSR count). The van der Waals surface area contributed by atoms with Gasteiger partial charge in [-0.25, -0.2) is 0 Å². The molecule has 1 spiro atoms. The number of nitrogens with one attached hydrogen (secondary N) is 1. The fourth-order valence-corrected chi connectivity index (χ4v) is 6.96. The zero-order valence-electron chi connectivity index (χ0n) is 19.2. The van der Waals surface area contributed by atoms with E-state index in [1.54, 1.807) is 7.11 Å². The van der Waals surface area contributed by atoms with Gasteiger partial charge in [-0.2, -0.15) is 0 Å². The first-order chi connectivity index (χ1) is 14.9. The molecule has 2 saturated carbocycles. The third kappa shape index (κ3) is 3.12. The van der Waals surface area contributed by atoms with Crippen LogP contribution in [0, 0.1) is 22.7 Å². The van der Waals surface area contributed by atoms with Crippen molar-refractivity contribution in [3.63, 3.8) is 0 Å². The molecule has 3 fully saturated rings. The van der Waals surface area contributed by atoms with Gasteiger partial charge in [0.15, 0.2) is 11.5 Å². The number of carbonyl (C=O) groups is 1. The zero-order valence-corrected chi connectivity index (χ0v) is 19.2. The lowest BCUT2D eigenvalue weighted by molar-refractivity contribution is -0.137. The Hall–Kier alpha value is -1.95. The number of hydrogen-bond acceptors (Lipinski definition) is 5. The summed E-state index contributed by atoms with van der Waals surface area (Å²) in [4.78, 5) is 12.5. The topological polar surface area (TPSA) is 66.0 Å². The second-order valence-corrected chi connectivity index (χ2v) is 10.3. The highest BCUT2D eigenvalue weighted by atomic mass is 16.5. The maximum absolute atomic E-state index is 12.5. The Morgan fingerprint density at radius 2 is 1.94 bits per heavy atom. The van der Waals surface area contributed by atoms with Gasteiger partial charge in [-0.3, -0.25) is 4.79 Å². The minimum Gasteiger partial charge on any atom is -0.496 e. The lowest BCUT2D eigenvalue weighted by Crippen LogP contribution is -2.58. The SMILES string of the molecule is CCC(=O)N[C@H]1C(C)(C)[C@@H]2C[C@@H]3[C@@H](c4cc5c(cc4OC)OCCCO5)OCCC31C2. The fraction of sp³-hybridized carbons (Fsp3) is 0.720. The minimum absolute atomic E-state index is 0.0665. The summed E-state index contributed by atoms with van der Waals surface area (Å²) in [7, 11) is 1.70. The molecular formula is C25H35NO5. The predicted molar refractivity (Wildman–Crippen MR) is 117 cm³/mol. The van der Waals surface area contributed by atoms with E-state index in [9.17, 15) is 4.79 Å². The van der Waals surface area contributed by atoms with Crippen molar-refractivity contribution in [1.29, 1.82) is 0 Å². The molecule has 6 nitrogen and oxygen atoms in total. The largest absolute Gasteiger partial charge is 0.496 e. The van der Waals surface area contributed by atoms with Gasteiger partial charge in [0.2, 0.25) is 5.91 Å². The van der Waals surface area contributed by atoms with E-state index in [4.69, 9.17) is 18.9 Å². The third-order valence-corrected chi connectivity index (χ3v) is 8.54. The van der Waals surface area contributed by atoms with E-state index < -0.39 is 0 Å². The van der Waals surface area contributed by atoms with E-state index in [0.717, 1.165) is 48.5 Å². The minimum atomic E-state index is -0.0667. The summed E-state index contributed by atoms with van der Waals surface area (Å²) < 4.78 is 24.1. The van der Waals surface area contributed by atoms with Gasteiger partial charge in [-0.05, 0) is 48.0 Å². The first-order valence-electron chi connectivity index (χ1n) is 11.8. The zero-order chi connectivity index (χ0) is 21.8. The lowest BCUT2D eigenvalue weighted by Gasteiger charge is -2.53. The number of hydrogen-bond donors (Lipinski definition) is 1. The van der Waals surface area contributed by atoms with Crippen molar-refractivity contribution in [3.05, 3.63) is 17.7 Å². The summed E-state index contributed by atoms with van der Waals surface area (Å²) >= 11 is 0. The van der Waals surface area contributed by atoms with Crippen molar-refractivity contribution in [2.45, 2.75) is 65.0 Å². The maximum atomic E-state index is 12.5. The van der Waals surface area contributed by atoms with E-state index >= 15 is 0 Å². The van der Waals surface area contributed by atoms with E-state index in [1.807, 2.05) is 13.0 Å². The van der Waals surface area contributed by atoms with Crippen LogP contribution in [-0.2, 0) is 9.53 Å². The Kier molecular flexibility index (Phi) is 5.11. The quantitative estimate of drug-likeness (QED) is 0.775. The van der Waals surface area contributed by atoms with Gasteiger partial charge < -0.3 is 24.3 Å². The average molecular weight is 430 g/mol. The Morgan fingerprint density at radius 1 is 1.19 bits per heavy atom. The van der Waals surface area contributed by atoms with Crippen molar-refractivity contribution >= 4 is 5.91 Å². The molecule has 2 aliphatic carbocycles. The Bertz CT molecular complexity index is 868. The van der Waals surface area contributed by atoms with E-state index in [2.05, 4.69) is 25.2 Å². The molecule has 1 saturated heterocycles. The molecule has 2 heterocycles. The normalized spacial score (nSPS) is 35.2. The second kappa shape index (κ2) is 7.58. The van der Waals surface area contributed by atoms with E-state index in [0.29, 0.717) is 38.1 Å². The fourth-order valence-electron chi connectivity index (χ4n) is 6.96. The Labute approximate surface area is 185 Å². The van der Waals surface area contributed by atoms with E-state index in [-0.39, 0.29) is 28.9 Å². The van der Waals surface area contributed by atoms with Crippen molar-refractivity contribution in [2.75, 3.05) is 26.9 Å². The van der Waals surface area contributed by atoms with Gasteiger partial charge in [-0.1, -0.05) is 20.8 Å². The number of benzene rings is 1. The molecule has 0 radical (unpaired) electrons. The van der Waals surface area contributed by atoms with Gasteiger partial charge in [0.1, 0.15) is 5.75 Å². The first kappa shape index (κ1) is 20.9. The van der Waals surface area contributed by atoms with Crippen molar-refractivity contribution in [1.82, 2.24) is 5.32 Å². The highest BCUT2D eigenvalue weighted by Crippen LogP contribution is 2.71. The standard InChI is InChI=1S/C25H35NO5/c1-5-21(27)26-23-24(2,3)15-11-17-22(31-10-7-25(17,23)14-15)16-12-19-20(13-18(16)28-4)30-9-6-8-29-19/h12-13,15,17,22-23H,5-11,14H2,1-4H3,(H,26,27)/t15-,17-,22-,23+,25?/m1/s1. The molecule has 2 bridgehead atoms. The van der Waals surface area contributed by atoms with Crippen LogP contribution in [0.5, 0.6) is 17.2 Å². The van der Waals surface area contributed by atoms with Crippen LogP contribution < -0.4 is 19.5 Å². The average Bonchev–Trinajstić information content (AvgIpc) is 3.14. The van der Waals surface area contributed by atoms with Crippen LogP contribution in [0.25, 0.3) is 0 Å². The number of rotatable bonds is 4.